The minimum atomic E-state index is -3.69. The highest BCUT2D eigenvalue weighted by atomic mass is 35.5. The summed E-state index contributed by atoms with van der Waals surface area (Å²) in [5.41, 5.74) is 0.173. The van der Waals surface area contributed by atoms with Crippen LogP contribution in [0.25, 0.3) is 27.7 Å². The van der Waals surface area contributed by atoms with Crippen LogP contribution in [0, 0.1) is 18.6 Å². The van der Waals surface area contributed by atoms with Crippen molar-refractivity contribution in [1.29, 1.82) is 0 Å². The van der Waals surface area contributed by atoms with Gasteiger partial charge in [0.2, 0.25) is 10.0 Å². The SMILES string of the molecule is Cc1nnc2n1-c1c(cc(Cl)c(-c3cc(F)cc4c3ccn4S(C)(=O)=O)c1F)NC2(C)C. The van der Waals surface area contributed by atoms with Gasteiger partial charge in [-0.1, -0.05) is 11.6 Å². The van der Waals surface area contributed by atoms with E-state index in [9.17, 15) is 12.8 Å². The molecule has 7 nitrogen and oxygen atoms in total. The zero-order chi connectivity index (χ0) is 23.2. The van der Waals surface area contributed by atoms with Crippen molar-refractivity contribution >= 4 is 38.2 Å². The van der Waals surface area contributed by atoms with Crippen molar-refractivity contribution in [2.45, 2.75) is 26.3 Å². The first-order valence-corrected chi connectivity index (χ1v) is 11.9. The molecule has 0 fully saturated rings. The summed E-state index contributed by atoms with van der Waals surface area (Å²) in [5, 5.41) is 11.9. The van der Waals surface area contributed by atoms with Gasteiger partial charge in [0.25, 0.3) is 0 Å². The molecule has 0 unspecified atom stereocenters. The minimum absolute atomic E-state index is 0.0401. The Morgan fingerprint density at radius 1 is 1.16 bits per heavy atom. The number of hydrogen-bond acceptors (Lipinski definition) is 5. The van der Waals surface area contributed by atoms with Gasteiger partial charge in [0.15, 0.2) is 11.6 Å². The van der Waals surface area contributed by atoms with E-state index in [-0.39, 0.29) is 27.4 Å². The molecule has 0 amide bonds. The topological polar surface area (TPSA) is 81.8 Å². The van der Waals surface area contributed by atoms with E-state index in [1.54, 1.807) is 17.6 Å². The molecule has 0 atom stereocenters. The Labute approximate surface area is 187 Å². The van der Waals surface area contributed by atoms with E-state index < -0.39 is 27.2 Å². The van der Waals surface area contributed by atoms with E-state index in [1.165, 1.54) is 12.3 Å². The third-order valence-electron chi connectivity index (χ3n) is 5.61. The fourth-order valence-corrected chi connectivity index (χ4v) is 5.36. The van der Waals surface area contributed by atoms with Crippen molar-refractivity contribution in [3.05, 3.63) is 58.8 Å². The Bertz CT molecular complexity index is 1560. The van der Waals surface area contributed by atoms with Crippen LogP contribution in [0.5, 0.6) is 0 Å². The Morgan fingerprint density at radius 2 is 1.88 bits per heavy atom. The highest BCUT2D eigenvalue weighted by Gasteiger charge is 2.37. The first-order chi connectivity index (χ1) is 14.9. The maximum atomic E-state index is 16.1. The Hall–Kier alpha value is -2.98. The molecule has 166 valence electrons. The number of hydrogen-bond donors (Lipinski definition) is 1. The molecule has 0 saturated heterocycles. The highest BCUT2D eigenvalue weighted by Crippen LogP contribution is 2.45. The fraction of sp³-hybridized carbons (Fsp3) is 0.238. The smallest absolute Gasteiger partial charge is 0.236 e. The van der Waals surface area contributed by atoms with Crippen LogP contribution < -0.4 is 5.32 Å². The summed E-state index contributed by atoms with van der Waals surface area (Å²) in [4.78, 5) is 0. The van der Waals surface area contributed by atoms with Crippen molar-refractivity contribution in [3.8, 4) is 16.8 Å². The van der Waals surface area contributed by atoms with Crippen molar-refractivity contribution in [1.82, 2.24) is 18.7 Å². The average molecular weight is 478 g/mol. The van der Waals surface area contributed by atoms with Gasteiger partial charge in [-0.3, -0.25) is 4.57 Å². The molecular formula is C21H18ClF2N5O2S. The van der Waals surface area contributed by atoms with Crippen LogP contribution in [0.1, 0.15) is 25.5 Å². The maximum Gasteiger partial charge on any atom is 0.236 e. The highest BCUT2D eigenvalue weighted by molar-refractivity contribution is 7.89. The summed E-state index contributed by atoms with van der Waals surface area (Å²) >= 11 is 6.52. The lowest BCUT2D eigenvalue weighted by molar-refractivity contribution is 0.523. The standard InChI is InChI=1S/C21H18ClF2N5O2S/c1-10-26-27-20-21(2,3)25-15-9-14(22)17(18(24)19(15)29(10)20)13-7-11(23)8-16-12(13)5-6-28(16)32(4,30)31/h5-9,25H,1-4H3. The largest absolute Gasteiger partial charge is 0.371 e. The molecule has 0 saturated carbocycles. The van der Waals surface area contributed by atoms with Gasteiger partial charge in [-0.25, -0.2) is 21.2 Å². The molecule has 11 heteroatoms. The average Bonchev–Trinajstić information content (AvgIpc) is 3.25. The van der Waals surface area contributed by atoms with E-state index >= 15 is 4.39 Å². The molecule has 1 aliphatic heterocycles. The number of rotatable bonds is 2. The summed E-state index contributed by atoms with van der Waals surface area (Å²) in [6.07, 6.45) is 2.31. The lowest BCUT2D eigenvalue weighted by Gasteiger charge is -2.34. The van der Waals surface area contributed by atoms with Gasteiger partial charge in [-0.15, -0.1) is 10.2 Å². The van der Waals surface area contributed by atoms with Gasteiger partial charge in [0.05, 0.1) is 28.0 Å². The van der Waals surface area contributed by atoms with Crippen LogP contribution in [-0.4, -0.2) is 33.4 Å². The summed E-state index contributed by atoms with van der Waals surface area (Å²) in [6.45, 7) is 5.49. The number of nitrogens with zero attached hydrogens (tertiary/aromatic N) is 4. The van der Waals surface area contributed by atoms with E-state index in [0.29, 0.717) is 22.7 Å². The normalized spacial score (nSPS) is 14.8. The van der Waals surface area contributed by atoms with E-state index in [2.05, 4.69) is 15.5 Å². The monoisotopic (exact) mass is 477 g/mol. The number of fused-ring (bicyclic) bond motifs is 4. The molecule has 0 radical (unpaired) electrons. The quantitative estimate of drug-likeness (QED) is 0.456. The Morgan fingerprint density at radius 3 is 2.56 bits per heavy atom. The van der Waals surface area contributed by atoms with Gasteiger partial charge in [0, 0.05) is 17.1 Å². The fourth-order valence-electron chi connectivity index (χ4n) is 4.28. The predicted molar refractivity (Wildman–Crippen MR) is 119 cm³/mol. The van der Waals surface area contributed by atoms with Gasteiger partial charge < -0.3 is 5.32 Å². The van der Waals surface area contributed by atoms with E-state index in [0.717, 1.165) is 22.4 Å². The lowest BCUT2D eigenvalue weighted by atomic mass is 9.95. The van der Waals surface area contributed by atoms with Crippen molar-refractivity contribution in [2.24, 2.45) is 0 Å². The number of halogens is 3. The number of anilines is 1. The molecule has 0 bridgehead atoms. The van der Waals surface area contributed by atoms with Crippen LogP contribution in [0.2, 0.25) is 5.02 Å². The van der Waals surface area contributed by atoms with Crippen LogP contribution in [0.3, 0.4) is 0 Å². The first kappa shape index (κ1) is 20.9. The summed E-state index contributed by atoms with van der Waals surface area (Å²) in [5.74, 6) is -0.415. The molecule has 0 spiro atoms. The molecule has 2 aromatic heterocycles. The van der Waals surface area contributed by atoms with Crippen molar-refractivity contribution in [2.75, 3.05) is 11.6 Å². The Balaban J connectivity index is 1.87. The maximum absolute atomic E-state index is 16.1. The second-order valence-electron chi connectivity index (χ2n) is 8.36. The third-order valence-corrected chi connectivity index (χ3v) is 6.94. The molecule has 5 rings (SSSR count). The van der Waals surface area contributed by atoms with Gasteiger partial charge in [0.1, 0.15) is 17.3 Å². The predicted octanol–water partition coefficient (Wildman–Crippen LogP) is 4.60. The third kappa shape index (κ3) is 2.86. The van der Waals surface area contributed by atoms with E-state index in [1.807, 2.05) is 13.8 Å². The molecule has 1 N–H and O–H groups in total. The van der Waals surface area contributed by atoms with Gasteiger partial charge >= 0.3 is 0 Å². The number of nitrogens with one attached hydrogen (secondary N) is 1. The van der Waals surface area contributed by atoms with Crippen molar-refractivity contribution < 1.29 is 17.2 Å². The summed E-state index contributed by atoms with van der Waals surface area (Å²) in [6, 6.07) is 5.31. The lowest BCUT2D eigenvalue weighted by Crippen LogP contribution is -2.36. The molecule has 4 aromatic rings. The summed E-state index contributed by atoms with van der Waals surface area (Å²) < 4.78 is 57.5. The number of benzene rings is 2. The molecule has 3 heterocycles. The van der Waals surface area contributed by atoms with Gasteiger partial charge in [-0.05, 0) is 50.6 Å². The minimum Gasteiger partial charge on any atom is -0.371 e. The first-order valence-electron chi connectivity index (χ1n) is 9.65. The summed E-state index contributed by atoms with van der Waals surface area (Å²) in [7, 11) is -3.69. The number of aromatic nitrogens is 4. The van der Waals surface area contributed by atoms with E-state index in [4.69, 9.17) is 11.6 Å². The van der Waals surface area contributed by atoms with Crippen molar-refractivity contribution in [3.63, 3.8) is 0 Å². The molecule has 0 aliphatic carbocycles. The zero-order valence-corrected chi connectivity index (χ0v) is 19.1. The second kappa shape index (κ2) is 6.52. The Kier molecular flexibility index (Phi) is 4.26. The molecule has 32 heavy (non-hydrogen) atoms. The van der Waals surface area contributed by atoms with Crippen LogP contribution >= 0.6 is 11.6 Å². The van der Waals surface area contributed by atoms with Crippen LogP contribution in [-0.2, 0) is 15.6 Å². The molecular weight excluding hydrogens is 460 g/mol. The molecule has 1 aliphatic rings. The zero-order valence-electron chi connectivity index (χ0n) is 17.5. The second-order valence-corrected chi connectivity index (χ2v) is 10.6. The van der Waals surface area contributed by atoms with Gasteiger partial charge in [-0.2, -0.15) is 0 Å². The van der Waals surface area contributed by atoms with Crippen LogP contribution in [0.15, 0.2) is 30.5 Å². The van der Waals surface area contributed by atoms with Crippen LogP contribution in [0.4, 0.5) is 14.5 Å². The number of aryl methyl sites for hydroxylation is 1. The molecule has 2 aromatic carbocycles.